The summed E-state index contributed by atoms with van der Waals surface area (Å²) < 4.78 is 14.3. The molecule has 0 radical (unpaired) electrons. The van der Waals surface area contributed by atoms with E-state index in [-0.39, 0.29) is 17.9 Å². The molecule has 22 heavy (non-hydrogen) atoms. The van der Waals surface area contributed by atoms with E-state index in [1.807, 2.05) is 0 Å². The first kappa shape index (κ1) is 15.4. The summed E-state index contributed by atoms with van der Waals surface area (Å²) in [7, 11) is 0. The number of carbonyl (C=O) groups excluding carboxylic acids is 1. The van der Waals surface area contributed by atoms with Crippen LogP contribution in [0.3, 0.4) is 0 Å². The number of benzene rings is 1. The van der Waals surface area contributed by atoms with Gasteiger partial charge in [-0.2, -0.15) is 0 Å². The lowest BCUT2D eigenvalue weighted by molar-refractivity contribution is 0.0696. The molecular weight excluding hydrogens is 291 g/mol. The Morgan fingerprint density at radius 1 is 1.32 bits per heavy atom. The van der Waals surface area contributed by atoms with Crippen molar-refractivity contribution in [2.45, 2.75) is 13.5 Å². The number of rotatable bonds is 4. The van der Waals surface area contributed by atoms with Crippen molar-refractivity contribution in [3.63, 3.8) is 0 Å². The van der Waals surface area contributed by atoms with E-state index >= 15 is 0 Å². The molecule has 1 aromatic carbocycles. The van der Waals surface area contributed by atoms with Crippen LogP contribution < -0.4 is 11.3 Å². The number of nitrogens with zero attached hydrogens (tertiary/aromatic N) is 1. The van der Waals surface area contributed by atoms with Crippen molar-refractivity contribution >= 4 is 11.9 Å². The number of aromatic nitrogens is 1. The molecule has 114 valence electrons. The second kappa shape index (κ2) is 5.80. The molecule has 0 aliphatic carbocycles. The van der Waals surface area contributed by atoms with Gasteiger partial charge in [0.1, 0.15) is 11.4 Å². The second-order valence-corrected chi connectivity index (χ2v) is 4.83. The minimum Gasteiger partial charge on any atom is -0.478 e. The van der Waals surface area contributed by atoms with Gasteiger partial charge in [-0.05, 0) is 30.2 Å². The van der Waals surface area contributed by atoms with Crippen molar-refractivity contribution in [2.24, 2.45) is 5.73 Å². The first-order valence-electron chi connectivity index (χ1n) is 6.32. The van der Waals surface area contributed by atoms with Crippen molar-refractivity contribution in [1.82, 2.24) is 4.57 Å². The summed E-state index contributed by atoms with van der Waals surface area (Å²) in [5.41, 5.74) is 4.76. The highest BCUT2D eigenvalue weighted by Crippen LogP contribution is 2.11. The summed E-state index contributed by atoms with van der Waals surface area (Å²) in [6.07, 6.45) is 1.12. The topological polar surface area (TPSA) is 102 Å². The van der Waals surface area contributed by atoms with Crippen LogP contribution in [0.2, 0.25) is 0 Å². The first-order chi connectivity index (χ1) is 10.3. The van der Waals surface area contributed by atoms with Crippen LogP contribution in [-0.4, -0.2) is 21.6 Å². The predicted molar refractivity (Wildman–Crippen MR) is 76.4 cm³/mol. The zero-order valence-corrected chi connectivity index (χ0v) is 11.7. The van der Waals surface area contributed by atoms with Gasteiger partial charge in [0.15, 0.2) is 0 Å². The average molecular weight is 304 g/mol. The van der Waals surface area contributed by atoms with Crippen LogP contribution in [0.5, 0.6) is 0 Å². The Labute approximate surface area is 124 Å². The Balaban J connectivity index is 2.54. The van der Waals surface area contributed by atoms with Crippen LogP contribution in [0.25, 0.3) is 0 Å². The lowest BCUT2D eigenvalue weighted by Gasteiger charge is -2.10. The molecule has 0 aliphatic rings. The van der Waals surface area contributed by atoms with E-state index in [2.05, 4.69) is 0 Å². The number of carboxylic acids is 1. The van der Waals surface area contributed by atoms with E-state index < -0.39 is 23.0 Å². The van der Waals surface area contributed by atoms with Crippen LogP contribution in [0.15, 0.2) is 35.3 Å². The third kappa shape index (κ3) is 3.03. The maximum Gasteiger partial charge on any atom is 0.337 e. The van der Waals surface area contributed by atoms with Crippen molar-refractivity contribution in [3.8, 4) is 0 Å². The van der Waals surface area contributed by atoms with Gasteiger partial charge in [0.25, 0.3) is 11.5 Å². The van der Waals surface area contributed by atoms with Gasteiger partial charge in [0.05, 0.1) is 12.1 Å². The number of nitrogens with two attached hydrogens (primary N) is 1. The molecule has 0 aliphatic heterocycles. The zero-order valence-electron chi connectivity index (χ0n) is 11.7. The fourth-order valence-corrected chi connectivity index (χ4v) is 2.05. The number of primary amides is 1. The van der Waals surface area contributed by atoms with E-state index in [9.17, 15) is 18.8 Å². The highest BCUT2D eigenvalue weighted by Gasteiger charge is 2.15. The Kier molecular flexibility index (Phi) is 4.07. The predicted octanol–water partition coefficient (Wildman–Crippen LogP) is 1.14. The third-order valence-corrected chi connectivity index (χ3v) is 3.17. The molecule has 3 N–H and O–H groups in total. The van der Waals surface area contributed by atoms with Gasteiger partial charge in [-0.3, -0.25) is 9.59 Å². The molecule has 6 nitrogen and oxygen atoms in total. The molecule has 0 saturated carbocycles. The summed E-state index contributed by atoms with van der Waals surface area (Å²) in [6.45, 7) is 1.57. The Hall–Kier alpha value is -2.96. The number of aryl methyl sites for hydroxylation is 1. The van der Waals surface area contributed by atoms with Crippen molar-refractivity contribution < 1.29 is 19.1 Å². The molecule has 1 heterocycles. The lowest BCUT2D eigenvalue weighted by Crippen LogP contribution is -2.30. The Morgan fingerprint density at radius 3 is 2.55 bits per heavy atom. The number of hydrogen-bond donors (Lipinski definition) is 2. The Morgan fingerprint density at radius 2 is 2.00 bits per heavy atom. The summed E-state index contributed by atoms with van der Waals surface area (Å²) >= 11 is 0. The van der Waals surface area contributed by atoms with E-state index in [0.29, 0.717) is 11.1 Å². The van der Waals surface area contributed by atoms with Gasteiger partial charge in [0.2, 0.25) is 0 Å². The van der Waals surface area contributed by atoms with Crippen LogP contribution >= 0.6 is 0 Å². The number of aromatic carboxylic acids is 1. The molecular formula is C15H13FN2O4. The van der Waals surface area contributed by atoms with E-state index in [1.54, 1.807) is 13.0 Å². The molecule has 2 rings (SSSR count). The number of halogens is 1. The number of carbonyl (C=O) groups is 2. The van der Waals surface area contributed by atoms with E-state index in [0.717, 1.165) is 16.8 Å². The maximum absolute atomic E-state index is 13.2. The fourth-order valence-electron chi connectivity index (χ4n) is 2.05. The smallest absolute Gasteiger partial charge is 0.337 e. The molecule has 2 aromatic rings. The minimum absolute atomic E-state index is 0.00134. The number of amides is 1. The molecule has 0 unspecified atom stereocenters. The molecule has 1 amide bonds. The summed E-state index contributed by atoms with van der Waals surface area (Å²) in [6, 6.07) is 5.22. The number of carboxylic acid groups (broad SMARTS) is 1. The molecule has 7 heteroatoms. The summed E-state index contributed by atoms with van der Waals surface area (Å²) in [5.74, 6) is -2.67. The highest BCUT2D eigenvalue weighted by atomic mass is 19.1. The van der Waals surface area contributed by atoms with Gasteiger partial charge in [-0.1, -0.05) is 12.1 Å². The fraction of sp³-hybridized carbons (Fsp3) is 0.133. The third-order valence-electron chi connectivity index (χ3n) is 3.17. The molecule has 0 atom stereocenters. The van der Waals surface area contributed by atoms with Crippen molar-refractivity contribution in [3.05, 3.63) is 68.9 Å². The van der Waals surface area contributed by atoms with Crippen LogP contribution in [0.4, 0.5) is 4.39 Å². The van der Waals surface area contributed by atoms with E-state index in [4.69, 9.17) is 10.8 Å². The summed E-state index contributed by atoms with van der Waals surface area (Å²) in [4.78, 5) is 34.5. The molecule has 0 bridgehead atoms. The van der Waals surface area contributed by atoms with Crippen molar-refractivity contribution in [2.75, 3.05) is 0 Å². The SMILES string of the molecule is Cc1cc(Cn2cc(C(=O)O)cc(C(N)=O)c2=O)ccc1F. The average Bonchev–Trinajstić information content (AvgIpc) is 2.44. The van der Waals surface area contributed by atoms with Crippen molar-refractivity contribution in [1.29, 1.82) is 0 Å². The normalized spacial score (nSPS) is 10.5. The van der Waals surface area contributed by atoms with Gasteiger partial charge >= 0.3 is 5.97 Å². The van der Waals surface area contributed by atoms with Crippen LogP contribution in [0, 0.1) is 12.7 Å². The first-order valence-corrected chi connectivity index (χ1v) is 6.32. The molecule has 0 spiro atoms. The number of hydrogen-bond acceptors (Lipinski definition) is 3. The summed E-state index contributed by atoms with van der Waals surface area (Å²) in [5, 5.41) is 9.04. The van der Waals surface area contributed by atoms with Gasteiger partial charge < -0.3 is 15.4 Å². The second-order valence-electron chi connectivity index (χ2n) is 4.83. The lowest BCUT2D eigenvalue weighted by atomic mass is 10.1. The standard InChI is InChI=1S/C15H13FN2O4/c1-8-4-9(2-3-12(8)16)6-18-7-10(15(21)22)5-11(13(17)19)14(18)20/h2-5,7H,6H2,1H3,(H2,17,19)(H,21,22). The highest BCUT2D eigenvalue weighted by molar-refractivity contribution is 5.95. The minimum atomic E-state index is -1.29. The van der Waals surface area contributed by atoms with Gasteiger partial charge in [-0.25, -0.2) is 9.18 Å². The zero-order chi connectivity index (χ0) is 16.4. The monoisotopic (exact) mass is 304 g/mol. The van der Waals surface area contributed by atoms with Crippen LogP contribution in [-0.2, 0) is 6.54 Å². The molecule has 1 aromatic heterocycles. The number of pyridine rings is 1. The Bertz CT molecular complexity index is 827. The molecule has 0 saturated heterocycles. The van der Waals surface area contributed by atoms with Crippen LogP contribution in [0.1, 0.15) is 31.8 Å². The quantitative estimate of drug-likeness (QED) is 0.884. The van der Waals surface area contributed by atoms with Gasteiger partial charge in [-0.15, -0.1) is 0 Å². The largest absolute Gasteiger partial charge is 0.478 e. The van der Waals surface area contributed by atoms with Gasteiger partial charge in [0, 0.05) is 6.20 Å². The molecule has 0 fully saturated rings. The maximum atomic E-state index is 13.2. The van der Waals surface area contributed by atoms with E-state index in [1.165, 1.54) is 12.1 Å².